The molecule has 0 aliphatic heterocycles. The molecule has 1 heterocycles. The fraction of sp³-hybridized carbons (Fsp3) is 0.294. The summed E-state index contributed by atoms with van der Waals surface area (Å²) in [5.74, 6) is -0.179. The topological polar surface area (TPSA) is 54.0 Å². The first-order chi connectivity index (χ1) is 10.1. The number of amides is 1. The molecule has 0 unspecified atom stereocenters. The number of nitrogens with one attached hydrogen (secondary N) is 2. The van der Waals surface area contributed by atoms with Gasteiger partial charge in [-0.15, -0.1) is 0 Å². The Morgan fingerprint density at radius 1 is 1.19 bits per heavy atom. The Bertz CT molecular complexity index is 677. The molecule has 1 aromatic heterocycles. The van der Waals surface area contributed by atoms with Crippen molar-refractivity contribution in [1.82, 2.24) is 4.98 Å². The van der Waals surface area contributed by atoms with E-state index in [1.165, 1.54) is 18.4 Å². The number of rotatable bonds is 4. The van der Waals surface area contributed by atoms with Gasteiger partial charge in [-0.25, -0.2) is 0 Å². The summed E-state index contributed by atoms with van der Waals surface area (Å²) in [5.41, 5.74) is 4.45. The molecule has 3 rings (SSSR count). The van der Waals surface area contributed by atoms with Crippen LogP contribution in [0.2, 0.25) is 0 Å². The van der Waals surface area contributed by atoms with E-state index in [4.69, 9.17) is 0 Å². The van der Waals surface area contributed by atoms with E-state index in [-0.39, 0.29) is 5.91 Å². The second-order valence-electron chi connectivity index (χ2n) is 5.62. The third-order valence-electron chi connectivity index (χ3n) is 3.57. The summed E-state index contributed by atoms with van der Waals surface area (Å²) in [5, 5.41) is 6.29. The number of hydrogen-bond acceptors (Lipinski definition) is 3. The van der Waals surface area contributed by atoms with Gasteiger partial charge in [0.15, 0.2) is 0 Å². The summed E-state index contributed by atoms with van der Waals surface area (Å²) in [4.78, 5) is 16.5. The maximum absolute atomic E-state index is 12.3. The van der Waals surface area contributed by atoms with E-state index in [1.807, 2.05) is 38.1 Å². The van der Waals surface area contributed by atoms with Crippen molar-refractivity contribution in [3.8, 4) is 0 Å². The molecule has 0 spiro atoms. The molecule has 1 fully saturated rings. The van der Waals surface area contributed by atoms with E-state index in [1.54, 1.807) is 12.3 Å². The fourth-order valence-corrected chi connectivity index (χ4v) is 2.25. The number of aromatic nitrogens is 1. The van der Waals surface area contributed by atoms with Gasteiger partial charge in [0, 0.05) is 23.6 Å². The van der Waals surface area contributed by atoms with Gasteiger partial charge in [-0.05, 0) is 50.5 Å². The van der Waals surface area contributed by atoms with Crippen LogP contribution in [0.3, 0.4) is 0 Å². The number of anilines is 2. The Morgan fingerprint density at radius 2 is 2.00 bits per heavy atom. The lowest BCUT2D eigenvalue weighted by Gasteiger charge is -2.10. The molecule has 0 bridgehead atoms. The second-order valence-corrected chi connectivity index (χ2v) is 5.62. The molecule has 4 nitrogen and oxygen atoms in total. The molecule has 108 valence electrons. The quantitative estimate of drug-likeness (QED) is 0.901. The molecule has 2 N–H and O–H groups in total. The summed E-state index contributed by atoms with van der Waals surface area (Å²) in [6, 6.07) is 10.2. The average molecular weight is 281 g/mol. The Labute approximate surface area is 124 Å². The van der Waals surface area contributed by atoms with Crippen molar-refractivity contribution in [2.45, 2.75) is 32.7 Å². The number of aryl methyl sites for hydroxylation is 2. The SMILES string of the molecule is Cc1ccc(NC(=O)c2cc(NC3CC3)ccn2)c(C)c1. The third-order valence-corrected chi connectivity index (χ3v) is 3.57. The number of nitrogens with zero attached hydrogens (tertiary/aromatic N) is 1. The molecule has 1 aliphatic rings. The van der Waals surface area contributed by atoms with Crippen molar-refractivity contribution < 1.29 is 4.79 Å². The van der Waals surface area contributed by atoms with Crippen molar-refractivity contribution in [2.24, 2.45) is 0 Å². The van der Waals surface area contributed by atoms with Crippen LogP contribution in [0, 0.1) is 13.8 Å². The van der Waals surface area contributed by atoms with Crippen LogP contribution in [0.25, 0.3) is 0 Å². The molecule has 1 aromatic carbocycles. The first-order valence-corrected chi connectivity index (χ1v) is 7.23. The largest absolute Gasteiger partial charge is 0.382 e. The maximum atomic E-state index is 12.3. The summed E-state index contributed by atoms with van der Waals surface area (Å²) < 4.78 is 0. The highest BCUT2D eigenvalue weighted by molar-refractivity contribution is 6.03. The number of hydrogen-bond donors (Lipinski definition) is 2. The standard InChI is InChI=1S/C17H19N3O/c1-11-3-6-15(12(2)9-11)20-17(21)16-10-14(7-8-18-16)19-13-4-5-13/h3,6-10,13H,4-5H2,1-2H3,(H,18,19)(H,20,21). The smallest absolute Gasteiger partial charge is 0.274 e. The highest BCUT2D eigenvalue weighted by atomic mass is 16.1. The lowest BCUT2D eigenvalue weighted by Crippen LogP contribution is -2.15. The van der Waals surface area contributed by atoms with E-state index < -0.39 is 0 Å². The molecule has 1 amide bonds. The molecule has 2 aromatic rings. The van der Waals surface area contributed by atoms with E-state index in [0.717, 1.165) is 16.9 Å². The minimum absolute atomic E-state index is 0.179. The van der Waals surface area contributed by atoms with Crippen molar-refractivity contribution in [1.29, 1.82) is 0 Å². The Hall–Kier alpha value is -2.36. The van der Waals surface area contributed by atoms with Gasteiger partial charge in [-0.1, -0.05) is 17.7 Å². The van der Waals surface area contributed by atoms with Gasteiger partial charge in [-0.3, -0.25) is 9.78 Å². The van der Waals surface area contributed by atoms with Crippen LogP contribution in [0.1, 0.15) is 34.5 Å². The van der Waals surface area contributed by atoms with Crippen LogP contribution in [0.4, 0.5) is 11.4 Å². The lowest BCUT2D eigenvalue weighted by atomic mass is 10.1. The molecular weight excluding hydrogens is 262 g/mol. The molecule has 4 heteroatoms. The third kappa shape index (κ3) is 3.40. The van der Waals surface area contributed by atoms with Crippen LogP contribution in [0.15, 0.2) is 36.5 Å². The predicted octanol–water partition coefficient (Wildman–Crippen LogP) is 3.53. The fourth-order valence-electron chi connectivity index (χ4n) is 2.25. The van der Waals surface area contributed by atoms with Crippen LogP contribution in [-0.4, -0.2) is 16.9 Å². The van der Waals surface area contributed by atoms with Gasteiger partial charge >= 0.3 is 0 Å². The normalized spacial score (nSPS) is 13.8. The maximum Gasteiger partial charge on any atom is 0.274 e. The Kier molecular flexibility index (Phi) is 3.60. The highest BCUT2D eigenvalue weighted by Crippen LogP contribution is 2.24. The molecule has 1 saturated carbocycles. The second kappa shape index (κ2) is 5.56. The van der Waals surface area contributed by atoms with Gasteiger partial charge in [-0.2, -0.15) is 0 Å². The van der Waals surface area contributed by atoms with E-state index in [9.17, 15) is 4.79 Å². The molecule has 0 saturated heterocycles. The van der Waals surface area contributed by atoms with Gasteiger partial charge in [0.25, 0.3) is 5.91 Å². The van der Waals surface area contributed by atoms with Gasteiger partial charge in [0.1, 0.15) is 5.69 Å². The number of carbonyl (C=O) groups is 1. The van der Waals surface area contributed by atoms with Gasteiger partial charge in [0.2, 0.25) is 0 Å². The van der Waals surface area contributed by atoms with Crippen LogP contribution < -0.4 is 10.6 Å². The summed E-state index contributed by atoms with van der Waals surface area (Å²) in [6.07, 6.45) is 4.07. The lowest BCUT2D eigenvalue weighted by molar-refractivity contribution is 0.102. The molecule has 21 heavy (non-hydrogen) atoms. The van der Waals surface area contributed by atoms with E-state index >= 15 is 0 Å². The van der Waals surface area contributed by atoms with E-state index in [0.29, 0.717) is 11.7 Å². The molecule has 1 aliphatic carbocycles. The number of carbonyl (C=O) groups excluding carboxylic acids is 1. The van der Waals surface area contributed by atoms with Crippen molar-refractivity contribution in [3.05, 3.63) is 53.3 Å². The van der Waals surface area contributed by atoms with Crippen molar-refractivity contribution in [3.63, 3.8) is 0 Å². The van der Waals surface area contributed by atoms with Crippen LogP contribution in [-0.2, 0) is 0 Å². The summed E-state index contributed by atoms with van der Waals surface area (Å²) in [6.45, 7) is 4.02. The average Bonchev–Trinajstić information content (AvgIpc) is 3.26. The Balaban J connectivity index is 1.75. The predicted molar refractivity (Wildman–Crippen MR) is 84.8 cm³/mol. The number of benzene rings is 1. The van der Waals surface area contributed by atoms with Gasteiger partial charge < -0.3 is 10.6 Å². The molecule has 0 radical (unpaired) electrons. The minimum atomic E-state index is -0.179. The van der Waals surface area contributed by atoms with Gasteiger partial charge in [0.05, 0.1) is 0 Å². The first kappa shape index (κ1) is 13.6. The zero-order valence-electron chi connectivity index (χ0n) is 12.3. The highest BCUT2D eigenvalue weighted by Gasteiger charge is 2.21. The zero-order chi connectivity index (χ0) is 14.8. The first-order valence-electron chi connectivity index (χ1n) is 7.23. The van der Waals surface area contributed by atoms with Crippen molar-refractivity contribution in [2.75, 3.05) is 10.6 Å². The monoisotopic (exact) mass is 281 g/mol. The summed E-state index contributed by atoms with van der Waals surface area (Å²) in [7, 11) is 0. The molecule has 0 atom stereocenters. The minimum Gasteiger partial charge on any atom is -0.382 e. The van der Waals surface area contributed by atoms with E-state index in [2.05, 4.69) is 15.6 Å². The van der Waals surface area contributed by atoms with Crippen LogP contribution >= 0.6 is 0 Å². The molecular formula is C17H19N3O. The number of pyridine rings is 1. The zero-order valence-corrected chi connectivity index (χ0v) is 12.3. The van der Waals surface area contributed by atoms with Crippen molar-refractivity contribution >= 4 is 17.3 Å². The Morgan fingerprint density at radius 3 is 2.71 bits per heavy atom. The summed E-state index contributed by atoms with van der Waals surface area (Å²) >= 11 is 0. The van der Waals surface area contributed by atoms with Crippen LogP contribution in [0.5, 0.6) is 0 Å².